The highest BCUT2D eigenvalue weighted by Gasteiger charge is 1.99. The number of carbonyl (C=O) groups is 2. The fraction of sp³-hybridized carbons (Fsp3) is 0.750. The monoisotopic (exact) mass is 187 g/mol. The Morgan fingerprint density at radius 1 is 1.15 bits per heavy atom. The summed E-state index contributed by atoms with van der Waals surface area (Å²) in [5.41, 5.74) is 0. The summed E-state index contributed by atoms with van der Waals surface area (Å²) in [5.74, 6) is -0.352. The summed E-state index contributed by atoms with van der Waals surface area (Å²) in [5, 5.41) is 8.14. The van der Waals surface area contributed by atoms with Gasteiger partial charge in [0.1, 0.15) is 0 Å². The van der Waals surface area contributed by atoms with Gasteiger partial charge in [-0.3, -0.25) is 9.59 Å². The van der Waals surface area contributed by atoms with Gasteiger partial charge in [0.15, 0.2) is 0 Å². The summed E-state index contributed by atoms with van der Waals surface area (Å²) >= 11 is 0. The quantitative estimate of drug-likeness (QED) is 0.460. The van der Waals surface area contributed by atoms with Gasteiger partial charge in [0.2, 0.25) is 11.8 Å². The summed E-state index contributed by atoms with van der Waals surface area (Å²) < 4.78 is 0. The van der Waals surface area contributed by atoms with E-state index in [0.717, 1.165) is 13.1 Å². The van der Waals surface area contributed by atoms with Gasteiger partial charge >= 0.3 is 0 Å². The lowest BCUT2D eigenvalue weighted by Crippen LogP contribution is -2.38. The third kappa shape index (κ3) is 8.81. The predicted molar refractivity (Wildman–Crippen MR) is 50.2 cm³/mol. The zero-order valence-electron chi connectivity index (χ0n) is 8.14. The van der Waals surface area contributed by atoms with Crippen LogP contribution in [0.1, 0.15) is 13.8 Å². The Balaban J connectivity index is 3.25. The molecule has 2 amide bonds. The first-order chi connectivity index (χ1) is 6.16. The lowest BCUT2D eigenvalue weighted by atomic mass is 10.5. The number of rotatable bonds is 6. The van der Waals surface area contributed by atoms with Crippen LogP contribution in [0.15, 0.2) is 0 Å². The molecule has 0 aromatic carbocycles. The highest BCUT2D eigenvalue weighted by molar-refractivity contribution is 5.83. The molecule has 0 unspecified atom stereocenters. The van der Waals surface area contributed by atoms with E-state index < -0.39 is 0 Å². The first kappa shape index (κ1) is 11.9. The minimum atomic E-state index is -0.193. The molecule has 5 nitrogen and oxygen atoms in total. The largest absolute Gasteiger partial charge is 0.353 e. The third-order valence-corrected chi connectivity index (χ3v) is 1.37. The third-order valence-electron chi connectivity index (χ3n) is 1.37. The van der Waals surface area contributed by atoms with Crippen molar-refractivity contribution in [2.45, 2.75) is 13.8 Å². The van der Waals surface area contributed by atoms with E-state index in [1.807, 2.05) is 6.92 Å². The summed E-state index contributed by atoms with van der Waals surface area (Å²) in [6, 6.07) is 0. The van der Waals surface area contributed by atoms with Crippen molar-refractivity contribution >= 4 is 11.8 Å². The molecule has 0 bridgehead atoms. The van der Waals surface area contributed by atoms with Crippen LogP contribution < -0.4 is 16.0 Å². The normalized spacial score (nSPS) is 9.38. The number of hydrogen-bond acceptors (Lipinski definition) is 3. The van der Waals surface area contributed by atoms with E-state index in [0.29, 0.717) is 6.54 Å². The number of carbonyl (C=O) groups excluding carboxylic acids is 2. The van der Waals surface area contributed by atoms with Crippen LogP contribution in [0.4, 0.5) is 0 Å². The zero-order chi connectivity index (χ0) is 10.1. The lowest BCUT2D eigenvalue weighted by molar-refractivity contribution is -0.125. The highest BCUT2D eigenvalue weighted by atomic mass is 16.2. The molecule has 0 spiro atoms. The molecule has 76 valence electrons. The van der Waals surface area contributed by atoms with E-state index in [1.165, 1.54) is 6.92 Å². The van der Waals surface area contributed by atoms with Crippen LogP contribution in [0.3, 0.4) is 0 Å². The van der Waals surface area contributed by atoms with Crippen molar-refractivity contribution in [2.75, 3.05) is 26.2 Å². The molecule has 0 aromatic rings. The van der Waals surface area contributed by atoms with Crippen LogP contribution in [0.2, 0.25) is 0 Å². The number of likely N-dealkylation sites (N-methyl/N-ethyl adjacent to an activating group) is 1. The molecule has 3 N–H and O–H groups in total. The van der Waals surface area contributed by atoms with Crippen LogP contribution in [-0.4, -0.2) is 38.0 Å². The Morgan fingerprint density at radius 3 is 2.38 bits per heavy atom. The molecule has 5 heteroatoms. The highest BCUT2D eigenvalue weighted by Crippen LogP contribution is 1.65. The van der Waals surface area contributed by atoms with Crippen LogP contribution in [0, 0.1) is 0 Å². The van der Waals surface area contributed by atoms with Crippen molar-refractivity contribution in [1.82, 2.24) is 16.0 Å². The molecule has 0 aliphatic rings. The summed E-state index contributed by atoms with van der Waals surface area (Å²) in [4.78, 5) is 21.4. The zero-order valence-corrected chi connectivity index (χ0v) is 8.14. The summed E-state index contributed by atoms with van der Waals surface area (Å²) in [6.07, 6.45) is 0. The standard InChI is InChI=1S/C8H17N3O2/c1-3-9-4-5-10-8(13)6-11-7(2)12/h9H,3-6H2,1-2H3,(H,10,13)(H,11,12). The fourth-order valence-electron chi connectivity index (χ4n) is 0.734. The van der Waals surface area contributed by atoms with Gasteiger partial charge in [-0.15, -0.1) is 0 Å². The molecule has 0 atom stereocenters. The maximum atomic E-state index is 11.0. The SMILES string of the molecule is CCNCCNC(=O)CNC(C)=O. The molecule has 0 fully saturated rings. The Labute approximate surface area is 78.3 Å². The lowest BCUT2D eigenvalue weighted by Gasteiger charge is -2.05. The van der Waals surface area contributed by atoms with Crippen LogP contribution in [0.5, 0.6) is 0 Å². The Hall–Kier alpha value is -1.10. The van der Waals surface area contributed by atoms with E-state index in [4.69, 9.17) is 0 Å². The molecule has 0 aliphatic heterocycles. The van der Waals surface area contributed by atoms with Crippen molar-refractivity contribution in [2.24, 2.45) is 0 Å². The van der Waals surface area contributed by atoms with Crippen molar-refractivity contribution in [3.05, 3.63) is 0 Å². The second-order valence-electron chi connectivity index (χ2n) is 2.61. The first-order valence-corrected chi connectivity index (χ1v) is 4.38. The topological polar surface area (TPSA) is 70.2 Å². The maximum absolute atomic E-state index is 11.0. The van der Waals surface area contributed by atoms with E-state index in [2.05, 4.69) is 16.0 Å². The average Bonchev–Trinajstić information content (AvgIpc) is 2.09. The van der Waals surface area contributed by atoms with Crippen LogP contribution in [-0.2, 0) is 9.59 Å². The molecule has 0 saturated heterocycles. The minimum Gasteiger partial charge on any atom is -0.353 e. The average molecular weight is 187 g/mol. The molecular formula is C8H17N3O2. The van der Waals surface area contributed by atoms with E-state index in [-0.39, 0.29) is 18.4 Å². The van der Waals surface area contributed by atoms with Crippen molar-refractivity contribution in [3.63, 3.8) is 0 Å². The second-order valence-corrected chi connectivity index (χ2v) is 2.61. The molecular weight excluding hydrogens is 170 g/mol. The molecule has 0 heterocycles. The van der Waals surface area contributed by atoms with Crippen LogP contribution in [0.25, 0.3) is 0 Å². The Morgan fingerprint density at radius 2 is 1.85 bits per heavy atom. The van der Waals surface area contributed by atoms with Crippen molar-refractivity contribution in [3.8, 4) is 0 Å². The fourth-order valence-corrected chi connectivity index (χ4v) is 0.734. The van der Waals surface area contributed by atoms with E-state index >= 15 is 0 Å². The molecule has 0 saturated carbocycles. The molecule has 0 aliphatic carbocycles. The van der Waals surface area contributed by atoms with Gasteiger partial charge < -0.3 is 16.0 Å². The molecule has 0 rings (SSSR count). The van der Waals surface area contributed by atoms with Gasteiger partial charge in [0.05, 0.1) is 6.54 Å². The van der Waals surface area contributed by atoms with Crippen molar-refractivity contribution in [1.29, 1.82) is 0 Å². The predicted octanol–water partition coefficient (Wildman–Crippen LogP) is -1.15. The van der Waals surface area contributed by atoms with Gasteiger partial charge in [0, 0.05) is 20.0 Å². The van der Waals surface area contributed by atoms with E-state index in [9.17, 15) is 9.59 Å². The number of nitrogens with one attached hydrogen (secondary N) is 3. The van der Waals surface area contributed by atoms with Gasteiger partial charge in [-0.25, -0.2) is 0 Å². The summed E-state index contributed by atoms with van der Waals surface area (Å²) in [7, 11) is 0. The molecule has 13 heavy (non-hydrogen) atoms. The molecule has 0 aromatic heterocycles. The van der Waals surface area contributed by atoms with Gasteiger partial charge in [-0.1, -0.05) is 6.92 Å². The summed E-state index contributed by atoms with van der Waals surface area (Å²) in [6.45, 7) is 5.67. The Bertz CT molecular complexity index is 171. The van der Waals surface area contributed by atoms with Crippen molar-refractivity contribution < 1.29 is 9.59 Å². The second kappa shape index (κ2) is 7.54. The maximum Gasteiger partial charge on any atom is 0.239 e. The minimum absolute atomic E-state index is 0.0570. The number of amides is 2. The van der Waals surface area contributed by atoms with Gasteiger partial charge in [0.25, 0.3) is 0 Å². The molecule has 0 radical (unpaired) electrons. The van der Waals surface area contributed by atoms with Gasteiger partial charge in [-0.2, -0.15) is 0 Å². The van der Waals surface area contributed by atoms with Crippen LogP contribution >= 0.6 is 0 Å². The van der Waals surface area contributed by atoms with Gasteiger partial charge in [-0.05, 0) is 6.54 Å². The Kier molecular flexibility index (Phi) is 6.91. The van der Waals surface area contributed by atoms with E-state index in [1.54, 1.807) is 0 Å². The number of hydrogen-bond donors (Lipinski definition) is 3. The smallest absolute Gasteiger partial charge is 0.239 e. The first-order valence-electron chi connectivity index (χ1n) is 4.38.